The van der Waals surface area contributed by atoms with Crippen LogP contribution in [0.5, 0.6) is 0 Å². The van der Waals surface area contributed by atoms with Gasteiger partial charge in [0.15, 0.2) is 0 Å². The molecule has 1 N–H and O–H groups in total. The third-order valence-electron chi connectivity index (χ3n) is 3.86. The standard InChI is InChI=1S/C17H17ClN2O3S/c18-15-7-5-13(6-8-15)12-19-17(21)14-3-1-4-16(11-14)20-9-2-10-24(20,22)23/h1,3-8,11H,2,9-10,12H2,(H,19,21). The van der Waals surface area contributed by atoms with Gasteiger partial charge in [-0.15, -0.1) is 0 Å². The van der Waals surface area contributed by atoms with Gasteiger partial charge in [-0.25, -0.2) is 8.42 Å². The fourth-order valence-corrected chi connectivity index (χ4v) is 4.30. The highest BCUT2D eigenvalue weighted by Crippen LogP contribution is 2.24. The molecule has 126 valence electrons. The molecule has 0 spiro atoms. The van der Waals surface area contributed by atoms with E-state index >= 15 is 0 Å². The van der Waals surface area contributed by atoms with Crippen molar-refractivity contribution in [3.8, 4) is 0 Å². The number of halogens is 1. The van der Waals surface area contributed by atoms with E-state index in [1.807, 2.05) is 12.1 Å². The lowest BCUT2D eigenvalue weighted by Gasteiger charge is -2.17. The van der Waals surface area contributed by atoms with Crippen LogP contribution in [0, 0.1) is 0 Å². The lowest BCUT2D eigenvalue weighted by Crippen LogP contribution is -2.26. The number of nitrogens with zero attached hydrogens (tertiary/aromatic N) is 1. The smallest absolute Gasteiger partial charge is 0.251 e. The predicted molar refractivity (Wildman–Crippen MR) is 94.8 cm³/mol. The average molecular weight is 365 g/mol. The summed E-state index contributed by atoms with van der Waals surface area (Å²) in [4.78, 5) is 12.3. The van der Waals surface area contributed by atoms with Crippen LogP contribution in [-0.2, 0) is 16.6 Å². The Hall–Kier alpha value is -2.05. The van der Waals surface area contributed by atoms with Crippen LogP contribution in [0.25, 0.3) is 0 Å². The fourth-order valence-electron chi connectivity index (χ4n) is 2.62. The molecule has 1 heterocycles. The first kappa shape index (κ1) is 16.8. The first-order valence-corrected chi connectivity index (χ1v) is 9.57. The van der Waals surface area contributed by atoms with E-state index in [1.165, 1.54) is 4.31 Å². The second-order valence-electron chi connectivity index (χ2n) is 5.60. The summed E-state index contributed by atoms with van der Waals surface area (Å²) in [6, 6.07) is 13.9. The number of nitrogens with one attached hydrogen (secondary N) is 1. The third-order valence-corrected chi connectivity index (χ3v) is 5.98. The van der Waals surface area contributed by atoms with Crippen molar-refractivity contribution in [3.05, 3.63) is 64.7 Å². The number of hydrogen-bond donors (Lipinski definition) is 1. The van der Waals surface area contributed by atoms with E-state index in [9.17, 15) is 13.2 Å². The number of sulfonamides is 1. The lowest BCUT2D eigenvalue weighted by atomic mass is 10.1. The van der Waals surface area contributed by atoms with Crippen molar-refractivity contribution in [2.75, 3.05) is 16.6 Å². The molecule has 3 rings (SSSR count). The first-order valence-electron chi connectivity index (χ1n) is 7.59. The zero-order chi connectivity index (χ0) is 17.2. The first-order chi connectivity index (χ1) is 11.5. The normalized spacial score (nSPS) is 16.1. The second kappa shape index (κ2) is 6.83. The maximum absolute atomic E-state index is 12.3. The number of carbonyl (C=O) groups is 1. The minimum Gasteiger partial charge on any atom is -0.348 e. The van der Waals surface area contributed by atoms with E-state index in [2.05, 4.69) is 5.32 Å². The Morgan fingerprint density at radius 1 is 1.17 bits per heavy atom. The van der Waals surface area contributed by atoms with Crippen molar-refractivity contribution in [1.29, 1.82) is 0 Å². The predicted octanol–water partition coefficient (Wildman–Crippen LogP) is 2.81. The van der Waals surface area contributed by atoms with Gasteiger partial charge in [-0.2, -0.15) is 0 Å². The summed E-state index contributed by atoms with van der Waals surface area (Å²) < 4.78 is 25.4. The van der Waals surface area contributed by atoms with E-state index in [1.54, 1.807) is 36.4 Å². The number of benzene rings is 2. The van der Waals surface area contributed by atoms with Gasteiger partial charge in [0.05, 0.1) is 11.4 Å². The average Bonchev–Trinajstić information content (AvgIpc) is 2.93. The topological polar surface area (TPSA) is 66.5 Å². The van der Waals surface area contributed by atoms with Crippen molar-refractivity contribution < 1.29 is 13.2 Å². The molecule has 2 aromatic rings. The zero-order valence-electron chi connectivity index (χ0n) is 12.9. The zero-order valence-corrected chi connectivity index (χ0v) is 14.5. The summed E-state index contributed by atoms with van der Waals surface area (Å²) in [5.41, 5.74) is 1.90. The van der Waals surface area contributed by atoms with Crippen molar-refractivity contribution in [2.24, 2.45) is 0 Å². The number of carbonyl (C=O) groups excluding carboxylic acids is 1. The summed E-state index contributed by atoms with van der Waals surface area (Å²) >= 11 is 5.83. The van der Waals surface area contributed by atoms with Crippen molar-refractivity contribution in [2.45, 2.75) is 13.0 Å². The molecule has 0 atom stereocenters. The highest BCUT2D eigenvalue weighted by molar-refractivity contribution is 7.93. The maximum atomic E-state index is 12.3. The van der Waals surface area contributed by atoms with Crippen LogP contribution in [0.1, 0.15) is 22.3 Å². The third kappa shape index (κ3) is 3.71. The van der Waals surface area contributed by atoms with Gasteiger partial charge in [0.1, 0.15) is 0 Å². The van der Waals surface area contributed by atoms with Gasteiger partial charge in [-0.05, 0) is 42.3 Å². The van der Waals surface area contributed by atoms with Crippen LogP contribution in [0.3, 0.4) is 0 Å². The van der Waals surface area contributed by atoms with Crippen molar-refractivity contribution in [1.82, 2.24) is 5.32 Å². The van der Waals surface area contributed by atoms with Gasteiger partial charge in [-0.3, -0.25) is 9.10 Å². The van der Waals surface area contributed by atoms with E-state index in [0.717, 1.165) is 5.56 Å². The van der Waals surface area contributed by atoms with E-state index < -0.39 is 10.0 Å². The lowest BCUT2D eigenvalue weighted by molar-refractivity contribution is 0.0951. The minimum absolute atomic E-state index is 0.153. The number of amides is 1. The molecule has 0 saturated carbocycles. The molecule has 7 heteroatoms. The van der Waals surface area contributed by atoms with Crippen LogP contribution in [0.4, 0.5) is 5.69 Å². The maximum Gasteiger partial charge on any atom is 0.251 e. The monoisotopic (exact) mass is 364 g/mol. The second-order valence-corrected chi connectivity index (χ2v) is 8.05. The molecule has 0 aliphatic carbocycles. The Morgan fingerprint density at radius 2 is 1.92 bits per heavy atom. The van der Waals surface area contributed by atoms with Gasteiger partial charge in [0, 0.05) is 23.7 Å². The van der Waals surface area contributed by atoms with Crippen molar-refractivity contribution in [3.63, 3.8) is 0 Å². The molecule has 1 amide bonds. The molecule has 24 heavy (non-hydrogen) atoms. The van der Waals surface area contributed by atoms with Crippen molar-refractivity contribution >= 4 is 33.2 Å². The highest BCUT2D eigenvalue weighted by Gasteiger charge is 2.28. The van der Waals surface area contributed by atoms with Crippen LogP contribution < -0.4 is 9.62 Å². The molecule has 1 saturated heterocycles. The summed E-state index contributed by atoms with van der Waals surface area (Å²) in [5.74, 6) is -0.0941. The van der Waals surface area contributed by atoms with Crippen LogP contribution in [-0.4, -0.2) is 26.6 Å². The molecule has 0 unspecified atom stereocenters. The molecule has 0 radical (unpaired) electrons. The molecule has 1 fully saturated rings. The summed E-state index contributed by atoms with van der Waals surface area (Å²) in [6.07, 6.45) is 0.606. The number of rotatable bonds is 4. The molecule has 1 aliphatic heterocycles. The van der Waals surface area contributed by atoms with E-state index in [4.69, 9.17) is 11.6 Å². The van der Waals surface area contributed by atoms with Gasteiger partial charge >= 0.3 is 0 Å². The molecule has 0 bridgehead atoms. The van der Waals surface area contributed by atoms with Crippen LogP contribution in [0.15, 0.2) is 48.5 Å². The SMILES string of the molecule is O=C(NCc1ccc(Cl)cc1)c1cccc(N2CCCS2(=O)=O)c1. The summed E-state index contributed by atoms with van der Waals surface area (Å²) in [7, 11) is -3.25. The number of anilines is 1. The Bertz CT molecular complexity index is 850. The molecule has 2 aromatic carbocycles. The molecular weight excluding hydrogens is 348 g/mol. The van der Waals surface area contributed by atoms with E-state index in [-0.39, 0.29) is 11.7 Å². The minimum atomic E-state index is -3.25. The molecule has 5 nitrogen and oxygen atoms in total. The summed E-state index contributed by atoms with van der Waals surface area (Å²) in [6.45, 7) is 0.834. The Kier molecular flexibility index (Phi) is 4.78. The fraction of sp³-hybridized carbons (Fsp3) is 0.235. The van der Waals surface area contributed by atoms with Crippen LogP contribution >= 0.6 is 11.6 Å². The Morgan fingerprint density at radius 3 is 2.58 bits per heavy atom. The van der Waals surface area contributed by atoms with E-state index in [0.29, 0.717) is 35.8 Å². The molecular formula is C17H17ClN2O3S. The number of hydrogen-bond acceptors (Lipinski definition) is 3. The van der Waals surface area contributed by atoms with Crippen LogP contribution in [0.2, 0.25) is 5.02 Å². The molecule has 1 aliphatic rings. The highest BCUT2D eigenvalue weighted by atomic mass is 35.5. The Balaban J connectivity index is 1.71. The van der Waals surface area contributed by atoms with Gasteiger partial charge in [0.2, 0.25) is 10.0 Å². The summed E-state index contributed by atoms with van der Waals surface area (Å²) in [5, 5.41) is 3.47. The van der Waals surface area contributed by atoms with Gasteiger partial charge in [-0.1, -0.05) is 29.8 Å². The van der Waals surface area contributed by atoms with Gasteiger partial charge < -0.3 is 5.32 Å². The quantitative estimate of drug-likeness (QED) is 0.907. The Labute approximate surface area is 146 Å². The largest absolute Gasteiger partial charge is 0.348 e. The molecule has 0 aromatic heterocycles. The van der Waals surface area contributed by atoms with Gasteiger partial charge in [0.25, 0.3) is 5.91 Å².